The van der Waals surface area contributed by atoms with E-state index in [9.17, 15) is 14.4 Å². The lowest BCUT2D eigenvalue weighted by Crippen LogP contribution is -2.48. The predicted molar refractivity (Wildman–Crippen MR) is 56.2 cm³/mol. The van der Waals surface area contributed by atoms with Gasteiger partial charge in [-0.05, 0) is 6.42 Å². The maximum Gasteiger partial charge on any atom is 0.334 e. The van der Waals surface area contributed by atoms with Crippen molar-refractivity contribution in [3.8, 4) is 0 Å². The third-order valence-electron chi connectivity index (χ3n) is 2.47. The number of nitrogens with one attached hydrogen (secondary N) is 2. The average Bonchev–Trinajstić information content (AvgIpc) is 2.57. The minimum Gasteiger partial charge on any atom is -0.479 e. The van der Waals surface area contributed by atoms with E-state index >= 15 is 0 Å². The highest BCUT2D eigenvalue weighted by atomic mass is 16.4. The fraction of sp³-hybridized carbons (Fsp3) is 0.667. The molecule has 2 atom stereocenters. The SMILES string of the molecule is CN1CCC(NC(=O)NCC(O)C(=O)O)C1=O. The molecular formula is C9H15N3O5. The Kier molecular flexibility index (Phi) is 4.27. The number of likely N-dealkylation sites (tertiary alicyclic amines) is 1. The van der Waals surface area contributed by atoms with Crippen molar-refractivity contribution in [3.63, 3.8) is 0 Å². The van der Waals surface area contributed by atoms with Gasteiger partial charge in [0.1, 0.15) is 6.04 Å². The van der Waals surface area contributed by atoms with Gasteiger partial charge in [-0.1, -0.05) is 0 Å². The molecule has 1 fully saturated rings. The number of carbonyl (C=O) groups is 3. The molecule has 17 heavy (non-hydrogen) atoms. The van der Waals surface area contributed by atoms with Gasteiger partial charge in [0.2, 0.25) is 5.91 Å². The molecule has 8 heteroatoms. The lowest BCUT2D eigenvalue weighted by molar-refractivity contribution is -0.146. The van der Waals surface area contributed by atoms with Crippen LogP contribution in [0.15, 0.2) is 0 Å². The number of aliphatic hydroxyl groups is 1. The highest BCUT2D eigenvalue weighted by molar-refractivity contribution is 5.88. The van der Waals surface area contributed by atoms with Crippen molar-refractivity contribution >= 4 is 17.9 Å². The Bertz CT molecular complexity index is 333. The van der Waals surface area contributed by atoms with Crippen molar-refractivity contribution in [2.24, 2.45) is 0 Å². The molecule has 2 unspecified atom stereocenters. The number of urea groups is 1. The van der Waals surface area contributed by atoms with Crippen LogP contribution in [-0.2, 0) is 9.59 Å². The fourth-order valence-electron chi connectivity index (χ4n) is 1.44. The number of carbonyl (C=O) groups excluding carboxylic acids is 2. The van der Waals surface area contributed by atoms with Gasteiger partial charge in [0.05, 0.1) is 6.54 Å². The first-order chi connectivity index (χ1) is 7.91. The van der Waals surface area contributed by atoms with E-state index in [-0.39, 0.29) is 5.91 Å². The van der Waals surface area contributed by atoms with E-state index < -0.39 is 30.7 Å². The molecular weight excluding hydrogens is 230 g/mol. The first-order valence-electron chi connectivity index (χ1n) is 5.12. The van der Waals surface area contributed by atoms with Crippen LogP contribution in [0.4, 0.5) is 4.79 Å². The highest BCUT2D eigenvalue weighted by Gasteiger charge is 2.30. The van der Waals surface area contributed by atoms with Gasteiger partial charge in [-0.2, -0.15) is 0 Å². The Balaban J connectivity index is 2.31. The van der Waals surface area contributed by atoms with Crippen LogP contribution < -0.4 is 10.6 Å². The Labute approximate surface area is 97.6 Å². The number of likely N-dealkylation sites (N-methyl/N-ethyl adjacent to an activating group) is 1. The molecule has 0 aromatic heterocycles. The van der Waals surface area contributed by atoms with Crippen LogP contribution in [0.3, 0.4) is 0 Å². The third kappa shape index (κ3) is 3.59. The number of nitrogens with zero attached hydrogens (tertiary/aromatic N) is 1. The lowest BCUT2D eigenvalue weighted by atomic mass is 10.2. The number of hydrogen-bond acceptors (Lipinski definition) is 4. The summed E-state index contributed by atoms with van der Waals surface area (Å²) in [5.41, 5.74) is 0. The summed E-state index contributed by atoms with van der Waals surface area (Å²) in [5, 5.41) is 21.9. The van der Waals surface area contributed by atoms with Crippen molar-refractivity contribution < 1.29 is 24.6 Å². The van der Waals surface area contributed by atoms with E-state index in [1.54, 1.807) is 7.05 Å². The van der Waals surface area contributed by atoms with Crippen LogP contribution >= 0.6 is 0 Å². The van der Waals surface area contributed by atoms with Gasteiger partial charge in [-0.3, -0.25) is 4.79 Å². The number of hydrogen-bond donors (Lipinski definition) is 4. The summed E-state index contributed by atoms with van der Waals surface area (Å²) in [5.74, 6) is -1.60. The molecule has 0 aromatic rings. The van der Waals surface area contributed by atoms with Crippen LogP contribution in [0.2, 0.25) is 0 Å². The van der Waals surface area contributed by atoms with Crippen molar-refractivity contribution in [1.82, 2.24) is 15.5 Å². The van der Waals surface area contributed by atoms with Crippen LogP contribution in [-0.4, -0.2) is 65.3 Å². The second-order valence-electron chi connectivity index (χ2n) is 3.81. The van der Waals surface area contributed by atoms with Gasteiger partial charge in [0.15, 0.2) is 6.10 Å². The quantitative estimate of drug-likeness (QED) is 0.455. The van der Waals surface area contributed by atoms with Crippen LogP contribution in [0.25, 0.3) is 0 Å². The Morgan fingerprint density at radius 3 is 2.71 bits per heavy atom. The van der Waals surface area contributed by atoms with Gasteiger partial charge in [-0.25, -0.2) is 9.59 Å². The molecule has 0 radical (unpaired) electrons. The van der Waals surface area contributed by atoms with E-state index in [1.807, 2.05) is 0 Å². The predicted octanol–water partition coefficient (Wildman–Crippen LogP) is -2.04. The Morgan fingerprint density at radius 1 is 1.59 bits per heavy atom. The molecule has 0 spiro atoms. The first kappa shape index (κ1) is 13.2. The Hall–Kier alpha value is -1.83. The number of aliphatic carboxylic acids is 1. The van der Waals surface area contributed by atoms with Crippen LogP contribution in [0.1, 0.15) is 6.42 Å². The Morgan fingerprint density at radius 2 is 2.24 bits per heavy atom. The summed E-state index contributed by atoms with van der Waals surface area (Å²) in [6.07, 6.45) is -1.13. The minimum atomic E-state index is -1.65. The van der Waals surface area contributed by atoms with Gasteiger partial charge in [0.25, 0.3) is 0 Å². The molecule has 1 heterocycles. The molecule has 0 bridgehead atoms. The monoisotopic (exact) mass is 245 g/mol. The summed E-state index contributed by atoms with van der Waals surface area (Å²) < 4.78 is 0. The van der Waals surface area contributed by atoms with Crippen molar-refractivity contribution in [2.45, 2.75) is 18.6 Å². The van der Waals surface area contributed by atoms with E-state index in [0.717, 1.165) is 0 Å². The standard InChI is InChI=1S/C9H15N3O5/c1-12-3-2-5(7(12)14)11-9(17)10-4-6(13)8(15)16/h5-6,13H,2-4H2,1H3,(H,15,16)(H2,10,11,17). The normalized spacial score (nSPS) is 21.2. The molecule has 1 rings (SSSR count). The van der Waals surface area contributed by atoms with E-state index in [1.165, 1.54) is 4.90 Å². The van der Waals surface area contributed by atoms with Crippen molar-refractivity contribution in [2.75, 3.05) is 20.1 Å². The number of amides is 3. The molecule has 1 aliphatic rings. The molecule has 1 aliphatic heterocycles. The zero-order valence-corrected chi connectivity index (χ0v) is 9.34. The molecule has 0 aromatic carbocycles. The summed E-state index contributed by atoms with van der Waals surface area (Å²) in [6.45, 7) is 0.166. The fourth-order valence-corrected chi connectivity index (χ4v) is 1.44. The second kappa shape index (κ2) is 5.48. The molecule has 4 N–H and O–H groups in total. The van der Waals surface area contributed by atoms with E-state index in [2.05, 4.69) is 10.6 Å². The highest BCUT2D eigenvalue weighted by Crippen LogP contribution is 2.07. The average molecular weight is 245 g/mol. The second-order valence-corrected chi connectivity index (χ2v) is 3.81. The van der Waals surface area contributed by atoms with Gasteiger partial charge >= 0.3 is 12.0 Å². The molecule has 1 saturated heterocycles. The maximum atomic E-state index is 11.4. The van der Waals surface area contributed by atoms with E-state index in [4.69, 9.17) is 10.2 Å². The molecule has 0 saturated carbocycles. The number of aliphatic hydroxyl groups excluding tert-OH is 1. The summed E-state index contributed by atoms with van der Waals surface area (Å²) in [6, 6.07) is -1.25. The minimum absolute atomic E-state index is 0.182. The number of carboxylic acid groups (broad SMARTS) is 1. The van der Waals surface area contributed by atoms with Gasteiger partial charge in [0, 0.05) is 13.6 Å². The number of carboxylic acids is 1. The summed E-state index contributed by atoms with van der Waals surface area (Å²) in [7, 11) is 1.64. The summed E-state index contributed by atoms with van der Waals surface area (Å²) >= 11 is 0. The maximum absolute atomic E-state index is 11.4. The largest absolute Gasteiger partial charge is 0.479 e. The first-order valence-corrected chi connectivity index (χ1v) is 5.12. The zero-order valence-electron chi connectivity index (χ0n) is 9.34. The van der Waals surface area contributed by atoms with E-state index in [0.29, 0.717) is 13.0 Å². The number of rotatable bonds is 4. The van der Waals surface area contributed by atoms with Crippen molar-refractivity contribution in [3.05, 3.63) is 0 Å². The summed E-state index contributed by atoms with van der Waals surface area (Å²) in [4.78, 5) is 34.5. The smallest absolute Gasteiger partial charge is 0.334 e. The van der Waals surface area contributed by atoms with Gasteiger partial charge in [-0.15, -0.1) is 0 Å². The molecule has 0 aliphatic carbocycles. The van der Waals surface area contributed by atoms with Crippen LogP contribution in [0, 0.1) is 0 Å². The zero-order chi connectivity index (χ0) is 13.0. The van der Waals surface area contributed by atoms with Crippen molar-refractivity contribution in [1.29, 1.82) is 0 Å². The lowest BCUT2D eigenvalue weighted by Gasteiger charge is -2.13. The van der Waals surface area contributed by atoms with Crippen LogP contribution in [0.5, 0.6) is 0 Å². The molecule has 8 nitrogen and oxygen atoms in total. The van der Waals surface area contributed by atoms with Gasteiger partial charge < -0.3 is 25.7 Å². The molecule has 96 valence electrons. The third-order valence-corrected chi connectivity index (χ3v) is 2.47. The topological polar surface area (TPSA) is 119 Å². The molecule has 3 amide bonds.